The Labute approximate surface area is 151 Å². The average Bonchev–Trinajstić information content (AvgIpc) is 2.61. The van der Waals surface area contributed by atoms with Crippen molar-refractivity contribution < 1.29 is 9.53 Å². The number of methoxy groups -OCH3 is 1. The molecule has 2 heterocycles. The van der Waals surface area contributed by atoms with Crippen molar-refractivity contribution in [1.82, 2.24) is 20.1 Å². The summed E-state index contributed by atoms with van der Waals surface area (Å²) in [5.74, 6) is 0. The monoisotopic (exact) mass is 348 g/mol. The molecule has 0 spiro atoms. The molecule has 1 aromatic heterocycles. The molecule has 1 N–H and O–H groups in total. The first-order valence-corrected chi connectivity index (χ1v) is 9.08. The van der Waals surface area contributed by atoms with Gasteiger partial charge in [-0.25, -0.2) is 4.79 Å². The first-order valence-electron chi connectivity index (χ1n) is 9.08. The molecule has 0 bridgehead atoms. The van der Waals surface area contributed by atoms with Gasteiger partial charge in [-0.05, 0) is 46.2 Å². The molecule has 2 rings (SSSR count). The van der Waals surface area contributed by atoms with Crippen molar-refractivity contribution in [3.8, 4) is 0 Å². The largest absolute Gasteiger partial charge is 0.379 e. The number of hydrogen-bond acceptors (Lipinski definition) is 4. The molecule has 1 fully saturated rings. The molecule has 6 heteroatoms. The van der Waals surface area contributed by atoms with Crippen LogP contribution in [0, 0.1) is 0 Å². The average molecular weight is 348 g/mol. The Morgan fingerprint density at radius 3 is 2.52 bits per heavy atom. The van der Waals surface area contributed by atoms with Crippen LogP contribution in [0.1, 0.15) is 45.9 Å². The minimum atomic E-state index is -0.233. The van der Waals surface area contributed by atoms with Crippen molar-refractivity contribution in [2.45, 2.75) is 51.8 Å². The lowest BCUT2D eigenvalue weighted by Gasteiger charge is -2.38. The molecular weight excluding hydrogens is 316 g/mol. The van der Waals surface area contributed by atoms with E-state index < -0.39 is 0 Å². The highest BCUT2D eigenvalue weighted by atomic mass is 16.5. The highest BCUT2D eigenvalue weighted by molar-refractivity contribution is 5.74. The number of ether oxygens (including phenoxy) is 1. The topological polar surface area (TPSA) is 57.7 Å². The third kappa shape index (κ3) is 5.68. The summed E-state index contributed by atoms with van der Waals surface area (Å²) in [6.45, 7) is 11.5. The minimum Gasteiger partial charge on any atom is -0.379 e. The standard InChI is InChI=1S/C19H32N4O2/c1-15(14-19(3,4)25-5)21-18(24)23-12-10-22(11-13-23)16(2)17-8-6-7-9-20-17/h6-9,15-16H,10-14H2,1-5H3,(H,21,24)/t15-,16-/m0/s1. The summed E-state index contributed by atoms with van der Waals surface area (Å²) < 4.78 is 5.44. The van der Waals surface area contributed by atoms with E-state index in [0.29, 0.717) is 0 Å². The van der Waals surface area contributed by atoms with Gasteiger partial charge in [-0.3, -0.25) is 9.88 Å². The van der Waals surface area contributed by atoms with E-state index in [1.54, 1.807) is 7.11 Å². The quantitative estimate of drug-likeness (QED) is 0.859. The molecule has 2 atom stereocenters. The molecule has 2 amide bonds. The van der Waals surface area contributed by atoms with E-state index in [2.05, 4.69) is 28.2 Å². The van der Waals surface area contributed by atoms with E-state index in [0.717, 1.165) is 38.3 Å². The molecule has 6 nitrogen and oxygen atoms in total. The Bertz CT molecular complexity index is 542. The predicted octanol–water partition coefficient (Wildman–Crippen LogP) is 2.67. The number of piperazine rings is 1. The Morgan fingerprint density at radius 1 is 1.28 bits per heavy atom. The highest BCUT2D eigenvalue weighted by Gasteiger charge is 2.27. The van der Waals surface area contributed by atoms with Gasteiger partial charge in [0.1, 0.15) is 0 Å². The van der Waals surface area contributed by atoms with Gasteiger partial charge in [0, 0.05) is 51.6 Å². The number of carbonyl (C=O) groups excluding carboxylic acids is 1. The molecule has 1 aliphatic heterocycles. The van der Waals surface area contributed by atoms with Crippen LogP contribution in [0.25, 0.3) is 0 Å². The van der Waals surface area contributed by atoms with E-state index in [1.165, 1.54) is 0 Å². The minimum absolute atomic E-state index is 0.0181. The smallest absolute Gasteiger partial charge is 0.317 e. The van der Waals surface area contributed by atoms with E-state index in [-0.39, 0.29) is 23.7 Å². The van der Waals surface area contributed by atoms with Gasteiger partial charge in [-0.1, -0.05) is 6.07 Å². The lowest BCUT2D eigenvalue weighted by Crippen LogP contribution is -2.54. The lowest BCUT2D eigenvalue weighted by atomic mass is 10.00. The van der Waals surface area contributed by atoms with Gasteiger partial charge in [0.2, 0.25) is 0 Å². The number of urea groups is 1. The van der Waals surface area contributed by atoms with E-state index in [4.69, 9.17) is 4.74 Å². The van der Waals surface area contributed by atoms with E-state index in [1.807, 2.05) is 44.0 Å². The van der Waals surface area contributed by atoms with Gasteiger partial charge in [-0.15, -0.1) is 0 Å². The predicted molar refractivity (Wildman–Crippen MR) is 99.5 cm³/mol. The van der Waals surface area contributed by atoms with Crippen molar-refractivity contribution in [2.24, 2.45) is 0 Å². The van der Waals surface area contributed by atoms with Crippen LogP contribution in [-0.4, -0.2) is 65.7 Å². The molecule has 1 aliphatic rings. The zero-order valence-corrected chi connectivity index (χ0v) is 16.2. The maximum absolute atomic E-state index is 12.5. The summed E-state index contributed by atoms with van der Waals surface area (Å²) in [7, 11) is 1.70. The normalized spacial score (nSPS) is 18.7. The Balaban J connectivity index is 1.80. The first-order chi connectivity index (χ1) is 11.8. The van der Waals surface area contributed by atoms with Crippen LogP contribution in [0.5, 0.6) is 0 Å². The van der Waals surface area contributed by atoms with Crippen molar-refractivity contribution in [3.63, 3.8) is 0 Å². The lowest BCUT2D eigenvalue weighted by molar-refractivity contribution is 0.00890. The SMILES string of the molecule is COC(C)(C)C[C@H](C)NC(=O)N1CCN([C@@H](C)c2ccccn2)CC1. The molecule has 0 radical (unpaired) electrons. The fourth-order valence-corrected chi connectivity index (χ4v) is 3.30. The second kappa shape index (κ2) is 8.63. The maximum atomic E-state index is 12.5. The number of aromatic nitrogens is 1. The zero-order valence-electron chi connectivity index (χ0n) is 16.2. The maximum Gasteiger partial charge on any atom is 0.317 e. The number of amides is 2. The summed E-state index contributed by atoms with van der Waals surface area (Å²) in [5, 5.41) is 3.09. The third-order valence-corrected chi connectivity index (χ3v) is 4.99. The second-order valence-corrected chi connectivity index (χ2v) is 7.47. The number of pyridine rings is 1. The second-order valence-electron chi connectivity index (χ2n) is 7.47. The number of rotatable bonds is 6. The highest BCUT2D eigenvalue weighted by Crippen LogP contribution is 2.20. The van der Waals surface area contributed by atoms with Crippen LogP contribution < -0.4 is 5.32 Å². The molecule has 0 aromatic carbocycles. The Morgan fingerprint density at radius 2 is 1.96 bits per heavy atom. The summed E-state index contributed by atoms with van der Waals surface area (Å²) in [6.07, 6.45) is 2.62. The van der Waals surface area contributed by atoms with Crippen molar-refractivity contribution in [1.29, 1.82) is 0 Å². The van der Waals surface area contributed by atoms with Gasteiger partial charge in [0.15, 0.2) is 0 Å². The molecule has 0 unspecified atom stereocenters. The van der Waals surface area contributed by atoms with Crippen LogP contribution >= 0.6 is 0 Å². The van der Waals surface area contributed by atoms with Crippen molar-refractivity contribution in [3.05, 3.63) is 30.1 Å². The fraction of sp³-hybridized carbons (Fsp3) is 0.684. The van der Waals surface area contributed by atoms with Crippen LogP contribution in [0.4, 0.5) is 4.79 Å². The Hall–Kier alpha value is -1.66. The van der Waals surface area contributed by atoms with Gasteiger partial charge in [0.05, 0.1) is 11.3 Å². The van der Waals surface area contributed by atoms with Gasteiger partial charge < -0.3 is 15.0 Å². The molecule has 140 valence electrons. The number of hydrogen-bond donors (Lipinski definition) is 1. The van der Waals surface area contributed by atoms with Gasteiger partial charge in [0.25, 0.3) is 0 Å². The van der Waals surface area contributed by atoms with E-state index >= 15 is 0 Å². The molecule has 1 saturated heterocycles. The molecular formula is C19H32N4O2. The number of nitrogens with zero attached hydrogens (tertiary/aromatic N) is 3. The molecule has 25 heavy (non-hydrogen) atoms. The zero-order chi connectivity index (χ0) is 18.4. The van der Waals surface area contributed by atoms with Gasteiger partial charge in [-0.2, -0.15) is 0 Å². The molecule has 0 aliphatic carbocycles. The van der Waals surface area contributed by atoms with Crippen molar-refractivity contribution in [2.75, 3.05) is 33.3 Å². The van der Waals surface area contributed by atoms with Gasteiger partial charge >= 0.3 is 6.03 Å². The summed E-state index contributed by atoms with van der Waals surface area (Å²) >= 11 is 0. The summed E-state index contributed by atoms with van der Waals surface area (Å²) in [5.41, 5.74) is 0.847. The summed E-state index contributed by atoms with van der Waals surface area (Å²) in [6, 6.07) is 6.38. The fourth-order valence-electron chi connectivity index (χ4n) is 3.30. The first kappa shape index (κ1) is 19.7. The third-order valence-electron chi connectivity index (χ3n) is 4.99. The molecule has 0 saturated carbocycles. The van der Waals surface area contributed by atoms with E-state index in [9.17, 15) is 4.79 Å². The number of nitrogens with one attached hydrogen (secondary N) is 1. The van der Waals surface area contributed by atoms with Crippen molar-refractivity contribution >= 4 is 6.03 Å². The van der Waals surface area contributed by atoms with Crippen LogP contribution in [0.2, 0.25) is 0 Å². The van der Waals surface area contributed by atoms with Crippen LogP contribution in [0.3, 0.4) is 0 Å². The Kier molecular flexibility index (Phi) is 6.79. The van der Waals surface area contributed by atoms with Crippen LogP contribution in [-0.2, 0) is 4.74 Å². The number of carbonyl (C=O) groups is 1. The summed E-state index contributed by atoms with van der Waals surface area (Å²) in [4.78, 5) is 21.2. The van der Waals surface area contributed by atoms with Crippen LogP contribution in [0.15, 0.2) is 24.4 Å². The molecule has 1 aromatic rings.